The molecule has 0 bridgehead atoms. The lowest BCUT2D eigenvalue weighted by Gasteiger charge is -2.03. The second-order valence-corrected chi connectivity index (χ2v) is 2.45. The maximum absolute atomic E-state index is 5.25. The number of fused-ring (bicyclic) bond motifs is 1. The van der Waals surface area contributed by atoms with Crippen LogP contribution in [0.15, 0.2) is 0 Å². The molecule has 0 saturated carbocycles. The Morgan fingerprint density at radius 2 is 1.75 bits per heavy atom. The van der Waals surface area contributed by atoms with Crippen LogP contribution in [0.5, 0.6) is 0 Å². The maximum atomic E-state index is 5.25. The second kappa shape index (κ2) is 1.71. The molecule has 0 aliphatic carbocycles. The molecule has 0 unspecified atom stereocenters. The van der Waals surface area contributed by atoms with Crippen molar-refractivity contribution in [1.29, 1.82) is 0 Å². The van der Waals surface area contributed by atoms with Gasteiger partial charge in [-0.25, -0.2) is 0 Å². The molecule has 2 heteroatoms. The van der Waals surface area contributed by atoms with Gasteiger partial charge in [0.25, 0.3) is 0 Å². The first kappa shape index (κ1) is 4.77. The highest BCUT2D eigenvalue weighted by molar-refractivity contribution is 4.73. The number of ether oxygens (including phenoxy) is 2. The van der Waals surface area contributed by atoms with Crippen LogP contribution >= 0.6 is 0 Å². The highest BCUT2D eigenvalue weighted by Crippen LogP contribution is 2.30. The van der Waals surface area contributed by atoms with Gasteiger partial charge in [-0.05, 0) is 12.8 Å². The summed E-state index contributed by atoms with van der Waals surface area (Å²) in [6.45, 7) is 1.82. The Labute approximate surface area is 50.3 Å². The van der Waals surface area contributed by atoms with E-state index in [1.165, 1.54) is 12.8 Å². The lowest BCUT2D eigenvalue weighted by Crippen LogP contribution is -2.08. The fourth-order valence-corrected chi connectivity index (χ4v) is 1.41. The van der Waals surface area contributed by atoms with Gasteiger partial charge in [0.1, 0.15) is 0 Å². The minimum atomic E-state index is 0. The Hall–Kier alpha value is -0.0800. The van der Waals surface area contributed by atoms with E-state index in [-0.39, 0.29) is 7.72 Å². The quantitative estimate of drug-likeness (QED) is 0.470. The van der Waals surface area contributed by atoms with Crippen molar-refractivity contribution in [2.75, 3.05) is 13.2 Å². The van der Waals surface area contributed by atoms with Gasteiger partial charge >= 0.3 is 0 Å². The average Bonchev–Trinajstić information content (AvgIpc) is 2.15. The van der Waals surface area contributed by atoms with E-state index in [2.05, 4.69) is 0 Å². The molecule has 2 aliphatic rings. The van der Waals surface area contributed by atoms with Gasteiger partial charge in [-0.15, -0.1) is 0 Å². The summed E-state index contributed by atoms with van der Waals surface area (Å²) >= 11 is 0. The zero-order valence-corrected chi connectivity index (χ0v) is 4.80. The van der Waals surface area contributed by atoms with Crippen molar-refractivity contribution in [1.82, 2.24) is 0 Å². The average molecular weight is 116 g/mol. The molecule has 2 nitrogen and oxygen atoms in total. The summed E-state index contributed by atoms with van der Waals surface area (Å²) in [5.74, 6) is 0.731. The molecular formula is C6H12O2. The molecule has 0 atom stereocenters. The highest BCUT2D eigenvalue weighted by Gasteiger charge is 2.33. The Balaban J connectivity index is 0.000000405. The Morgan fingerprint density at radius 3 is 2.25 bits per heavy atom. The molecule has 0 aromatic rings. The smallest absolute Gasteiger partial charge is 0.160 e. The minimum Gasteiger partial charge on any atom is -0.352 e. The van der Waals surface area contributed by atoms with Crippen LogP contribution in [0.4, 0.5) is 0 Å². The van der Waals surface area contributed by atoms with Gasteiger partial charge in [0, 0.05) is 7.34 Å². The third kappa shape index (κ3) is 0.565. The van der Waals surface area contributed by atoms with E-state index >= 15 is 0 Å². The van der Waals surface area contributed by atoms with E-state index < -0.39 is 0 Å². The van der Waals surface area contributed by atoms with Crippen LogP contribution in [0.2, 0.25) is 0 Å². The molecule has 2 saturated heterocycles. The van der Waals surface area contributed by atoms with Gasteiger partial charge < -0.3 is 9.47 Å². The van der Waals surface area contributed by atoms with Crippen LogP contribution in [0.25, 0.3) is 0 Å². The largest absolute Gasteiger partial charge is 0.352 e. The molecule has 2 heterocycles. The summed E-state index contributed by atoms with van der Waals surface area (Å²) in [5, 5.41) is 0. The van der Waals surface area contributed by atoms with Crippen molar-refractivity contribution in [3.63, 3.8) is 0 Å². The first-order valence-electron chi connectivity index (χ1n) is 3.20. The van der Waals surface area contributed by atoms with Gasteiger partial charge in [-0.3, -0.25) is 0 Å². The van der Waals surface area contributed by atoms with Crippen LogP contribution in [0.1, 0.15) is 14.3 Å². The molecule has 8 heavy (non-hydrogen) atoms. The SMILES string of the molecule is C1CC2CCOC2O1.[HH]. The van der Waals surface area contributed by atoms with E-state index in [0.29, 0.717) is 0 Å². The Bertz CT molecular complexity index is 77.1. The van der Waals surface area contributed by atoms with Crippen LogP contribution in [0, 0.1) is 5.92 Å². The van der Waals surface area contributed by atoms with Gasteiger partial charge in [-0.2, -0.15) is 0 Å². The van der Waals surface area contributed by atoms with Crippen LogP contribution < -0.4 is 0 Å². The molecule has 0 amide bonds. The lowest BCUT2D eigenvalue weighted by atomic mass is 10.1. The summed E-state index contributed by atoms with van der Waals surface area (Å²) in [6, 6.07) is 0. The molecule has 0 radical (unpaired) electrons. The van der Waals surface area contributed by atoms with Crippen LogP contribution in [-0.4, -0.2) is 19.5 Å². The summed E-state index contributed by atoms with van der Waals surface area (Å²) in [6.07, 6.45) is 2.60. The van der Waals surface area contributed by atoms with Crippen molar-refractivity contribution in [3.05, 3.63) is 0 Å². The molecule has 2 aliphatic heterocycles. The predicted molar refractivity (Wildman–Crippen MR) is 30.5 cm³/mol. The first-order chi connectivity index (χ1) is 3.97. The highest BCUT2D eigenvalue weighted by atomic mass is 16.7. The first-order valence-corrected chi connectivity index (χ1v) is 3.20. The molecular weight excluding hydrogens is 104 g/mol. The van der Waals surface area contributed by atoms with Gasteiger partial charge in [0.15, 0.2) is 6.29 Å². The zero-order chi connectivity index (χ0) is 5.40. The maximum Gasteiger partial charge on any atom is 0.160 e. The molecule has 0 aromatic carbocycles. The van der Waals surface area contributed by atoms with Crippen molar-refractivity contribution in [3.8, 4) is 0 Å². The van der Waals surface area contributed by atoms with Gasteiger partial charge in [0.2, 0.25) is 0 Å². The Morgan fingerprint density at radius 1 is 1.12 bits per heavy atom. The monoisotopic (exact) mass is 116 g/mol. The van der Waals surface area contributed by atoms with Crippen LogP contribution in [-0.2, 0) is 9.47 Å². The van der Waals surface area contributed by atoms with Crippen molar-refractivity contribution in [2.45, 2.75) is 19.1 Å². The molecule has 48 valence electrons. The van der Waals surface area contributed by atoms with Crippen molar-refractivity contribution < 1.29 is 10.9 Å². The molecule has 0 aromatic heterocycles. The number of hydrogen-bond donors (Lipinski definition) is 0. The summed E-state index contributed by atoms with van der Waals surface area (Å²) < 4.78 is 10.5. The topological polar surface area (TPSA) is 18.5 Å². The van der Waals surface area contributed by atoms with E-state index in [0.717, 1.165) is 19.1 Å². The third-order valence-corrected chi connectivity index (χ3v) is 1.93. The summed E-state index contributed by atoms with van der Waals surface area (Å²) in [7, 11) is 0. The van der Waals surface area contributed by atoms with E-state index in [1.807, 2.05) is 0 Å². The van der Waals surface area contributed by atoms with E-state index in [9.17, 15) is 0 Å². The van der Waals surface area contributed by atoms with Crippen molar-refractivity contribution in [2.24, 2.45) is 5.92 Å². The third-order valence-electron chi connectivity index (χ3n) is 1.93. The number of rotatable bonds is 0. The van der Waals surface area contributed by atoms with E-state index in [1.54, 1.807) is 0 Å². The predicted octanol–water partition coefficient (Wildman–Crippen LogP) is 1.02. The molecule has 0 N–H and O–H groups in total. The number of hydrogen-bond acceptors (Lipinski definition) is 2. The fourth-order valence-electron chi connectivity index (χ4n) is 1.41. The standard InChI is InChI=1S/C6H10O2.H2/c1-3-7-6-5(1)2-4-8-6;/h5-6H,1-4H2;1H. The zero-order valence-electron chi connectivity index (χ0n) is 4.80. The second-order valence-electron chi connectivity index (χ2n) is 2.45. The minimum absolute atomic E-state index is 0. The molecule has 2 rings (SSSR count). The fraction of sp³-hybridized carbons (Fsp3) is 1.00. The van der Waals surface area contributed by atoms with Gasteiger partial charge in [0.05, 0.1) is 13.2 Å². The van der Waals surface area contributed by atoms with Gasteiger partial charge in [-0.1, -0.05) is 0 Å². The molecule has 2 fully saturated rings. The van der Waals surface area contributed by atoms with Crippen LogP contribution in [0.3, 0.4) is 0 Å². The summed E-state index contributed by atoms with van der Waals surface area (Å²) in [4.78, 5) is 0. The lowest BCUT2D eigenvalue weighted by molar-refractivity contribution is -0.0904. The van der Waals surface area contributed by atoms with E-state index in [4.69, 9.17) is 9.47 Å². The Kier molecular flexibility index (Phi) is 1.02. The molecule has 0 spiro atoms. The normalized spacial score (nSPS) is 45.0. The van der Waals surface area contributed by atoms with Crippen molar-refractivity contribution >= 4 is 0 Å². The summed E-state index contributed by atoms with van der Waals surface area (Å²) in [5.41, 5.74) is 0.